The van der Waals surface area contributed by atoms with Gasteiger partial charge >= 0.3 is 0 Å². The molecular formula is C24H17FN2O5S2. The molecule has 0 bridgehead atoms. The normalized spacial score (nSPS) is 16.0. The zero-order valence-electron chi connectivity index (χ0n) is 17.7. The number of aliphatic hydroxyl groups excluding tert-OH is 1. The molecule has 0 fully saturated rings. The van der Waals surface area contributed by atoms with Gasteiger partial charge in [-0.25, -0.2) is 9.37 Å². The van der Waals surface area contributed by atoms with Gasteiger partial charge in [0.2, 0.25) is 5.78 Å². The molecule has 0 spiro atoms. The van der Waals surface area contributed by atoms with Crippen LogP contribution in [0.5, 0.6) is 11.5 Å². The van der Waals surface area contributed by atoms with Gasteiger partial charge in [0.25, 0.3) is 5.91 Å². The molecule has 0 aliphatic carbocycles. The van der Waals surface area contributed by atoms with E-state index in [-0.39, 0.29) is 28.8 Å². The topological polar surface area (TPSA) is 100.0 Å². The molecule has 172 valence electrons. The van der Waals surface area contributed by atoms with E-state index in [1.807, 2.05) is 0 Å². The number of fused-ring (bicyclic) bond motifs is 1. The van der Waals surface area contributed by atoms with Crippen LogP contribution in [0.25, 0.3) is 10.2 Å². The first-order valence-corrected chi connectivity index (χ1v) is 11.9. The fraction of sp³-hybridized carbons (Fsp3) is 0.125. The second-order valence-corrected chi connectivity index (χ2v) is 9.37. The molecule has 0 radical (unpaired) electrons. The molecule has 5 rings (SSSR count). The number of aromatic nitrogens is 1. The Hall–Kier alpha value is -3.76. The lowest BCUT2D eigenvalue weighted by molar-refractivity contribution is -0.117. The van der Waals surface area contributed by atoms with Gasteiger partial charge in [-0.1, -0.05) is 23.5 Å². The molecular weight excluding hydrogens is 479 g/mol. The number of halogens is 1. The van der Waals surface area contributed by atoms with E-state index in [2.05, 4.69) is 4.98 Å². The van der Waals surface area contributed by atoms with E-state index in [4.69, 9.17) is 4.74 Å². The predicted octanol–water partition coefficient (Wildman–Crippen LogP) is 5.38. The maximum atomic E-state index is 13.8. The van der Waals surface area contributed by atoms with Crippen LogP contribution in [0.2, 0.25) is 0 Å². The third kappa shape index (κ3) is 3.61. The molecule has 7 nitrogen and oxygen atoms in total. The van der Waals surface area contributed by atoms with Crippen molar-refractivity contribution in [1.29, 1.82) is 0 Å². The minimum absolute atomic E-state index is 0.101. The number of hydrogen-bond donors (Lipinski definition) is 2. The summed E-state index contributed by atoms with van der Waals surface area (Å²) < 4.78 is 19.8. The van der Waals surface area contributed by atoms with Crippen LogP contribution in [0, 0.1) is 5.82 Å². The number of Topliss-reactive ketones (excluding diaryl/α,β-unsaturated/α-hetero) is 1. The zero-order valence-corrected chi connectivity index (χ0v) is 19.3. The Labute approximate surface area is 201 Å². The highest BCUT2D eigenvalue weighted by molar-refractivity contribution is 7.22. The van der Waals surface area contributed by atoms with Crippen LogP contribution < -0.4 is 9.64 Å². The van der Waals surface area contributed by atoms with Gasteiger partial charge in [-0.05, 0) is 54.3 Å². The molecule has 1 atom stereocenters. The zero-order chi connectivity index (χ0) is 24.0. The number of amides is 1. The highest BCUT2D eigenvalue weighted by atomic mass is 32.1. The number of phenolic OH excluding ortho intramolecular Hbond substituents is 1. The van der Waals surface area contributed by atoms with Crippen LogP contribution in [-0.2, 0) is 4.79 Å². The van der Waals surface area contributed by atoms with Gasteiger partial charge < -0.3 is 14.9 Å². The van der Waals surface area contributed by atoms with Gasteiger partial charge in [0.15, 0.2) is 22.4 Å². The van der Waals surface area contributed by atoms with E-state index in [1.165, 1.54) is 46.6 Å². The Morgan fingerprint density at radius 1 is 1.21 bits per heavy atom. The van der Waals surface area contributed by atoms with Crippen LogP contribution >= 0.6 is 22.7 Å². The molecule has 1 aliphatic heterocycles. The van der Waals surface area contributed by atoms with E-state index in [9.17, 15) is 24.2 Å². The number of rotatable bonds is 6. The van der Waals surface area contributed by atoms with Gasteiger partial charge in [-0.15, -0.1) is 11.3 Å². The lowest BCUT2D eigenvalue weighted by Gasteiger charge is -2.25. The molecule has 1 aliphatic rings. The molecule has 0 saturated carbocycles. The van der Waals surface area contributed by atoms with Crippen molar-refractivity contribution in [3.63, 3.8) is 0 Å². The molecule has 3 heterocycles. The number of aromatic hydroxyl groups is 1. The van der Waals surface area contributed by atoms with Crippen molar-refractivity contribution in [3.8, 4) is 11.5 Å². The Kier molecular flexibility index (Phi) is 5.54. The predicted molar refractivity (Wildman–Crippen MR) is 127 cm³/mol. The molecule has 10 heteroatoms. The summed E-state index contributed by atoms with van der Waals surface area (Å²) in [5, 5.41) is 22.9. The molecule has 1 unspecified atom stereocenters. The Morgan fingerprint density at radius 3 is 2.76 bits per heavy atom. The fourth-order valence-corrected chi connectivity index (χ4v) is 5.55. The van der Waals surface area contributed by atoms with Gasteiger partial charge in [0.05, 0.1) is 33.3 Å². The Morgan fingerprint density at radius 2 is 2.03 bits per heavy atom. The van der Waals surface area contributed by atoms with E-state index < -0.39 is 29.3 Å². The largest absolute Gasteiger partial charge is 0.504 e. The molecule has 2 aromatic carbocycles. The van der Waals surface area contributed by atoms with Gasteiger partial charge in [0.1, 0.15) is 5.82 Å². The van der Waals surface area contributed by atoms with E-state index >= 15 is 0 Å². The maximum absolute atomic E-state index is 13.8. The highest BCUT2D eigenvalue weighted by Gasteiger charge is 2.46. The number of anilines is 1. The maximum Gasteiger partial charge on any atom is 0.296 e. The molecule has 1 amide bonds. The van der Waals surface area contributed by atoms with E-state index in [1.54, 1.807) is 30.5 Å². The fourth-order valence-electron chi connectivity index (χ4n) is 3.85. The van der Waals surface area contributed by atoms with Gasteiger partial charge in [0, 0.05) is 0 Å². The number of phenols is 1. The standard InChI is InChI=1S/C24H17FN2O5S2/c1-2-32-16-10-12(5-8-15(16)28)20-19(21(29)17-4-3-9-33-17)22(30)23(31)27(20)24-26-14-7-6-13(25)11-18(14)34-24/h3-11,20,28,30H,2H2,1H3. The van der Waals surface area contributed by atoms with Crippen molar-refractivity contribution in [2.75, 3.05) is 11.5 Å². The second-order valence-electron chi connectivity index (χ2n) is 7.42. The molecule has 2 aromatic heterocycles. The number of benzene rings is 2. The number of aliphatic hydroxyl groups is 1. The summed E-state index contributed by atoms with van der Waals surface area (Å²) in [6, 6.07) is 10.8. The number of nitrogens with zero attached hydrogens (tertiary/aromatic N) is 2. The minimum atomic E-state index is -1.03. The Balaban J connectivity index is 1.69. The number of thiophene rings is 1. The molecule has 0 saturated heterocycles. The summed E-state index contributed by atoms with van der Waals surface area (Å²) in [5.74, 6) is -2.34. The van der Waals surface area contributed by atoms with Crippen molar-refractivity contribution in [3.05, 3.63) is 81.5 Å². The van der Waals surface area contributed by atoms with Crippen molar-refractivity contribution < 1.29 is 28.9 Å². The van der Waals surface area contributed by atoms with Crippen LogP contribution in [0.3, 0.4) is 0 Å². The highest BCUT2D eigenvalue weighted by Crippen LogP contribution is 2.45. The van der Waals surface area contributed by atoms with Crippen LogP contribution in [-0.4, -0.2) is 33.5 Å². The summed E-state index contributed by atoms with van der Waals surface area (Å²) in [6.45, 7) is 2.05. The summed E-state index contributed by atoms with van der Waals surface area (Å²) in [7, 11) is 0. The van der Waals surface area contributed by atoms with Gasteiger partial charge in [-0.2, -0.15) is 0 Å². The van der Waals surface area contributed by atoms with Crippen molar-refractivity contribution in [2.24, 2.45) is 0 Å². The number of ketones is 1. The van der Waals surface area contributed by atoms with Crippen LogP contribution in [0.1, 0.15) is 28.2 Å². The Bertz CT molecular complexity index is 1460. The number of thiazole rings is 1. The summed E-state index contributed by atoms with van der Waals surface area (Å²) >= 11 is 2.26. The first-order valence-electron chi connectivity index (χ1n) is 10.3. The molecule has 34 heavy (non-hydrogen) atoms. The average molecular weight is 497 g/mol. The first kappa shape index (κ1) is 22.1. The van der Waals surface area contributed by atoms with Crippen LogP contribution in [0.15, 0.2) is 65.2 Å². The SMILES string of the molecule is CCOc1cc(C2C(C(=O)c3cccs3)=C(O)C(=O)N2c2nc3ccc(F)cc3s2)ccc1O. The van der Waals surface area contributed by atoms with Crippen molar-refractivity contribution in [2.45, 2.75) is 13.0 Å². The monoisotopic (exact) mass is 496 g/mol. The number of ether oxygens (including phenoxy) is 1. The summed E-state index contributed by atoms with van der Waals surface area (Å²) in [5.41, 5.74) is 0.807. The van der Waals surface area contributed by atoms with Gasteiger partial charge in [-0.3, -0.25) is 14.5 Å². The number of hydrogen-bond acceptors (Lipinski definition) is 8. The molecule has 4 aromatic rings. The quantitative estimate of drug-likeness (QED) is 0.348. The second kappa shape index (κ2) is 8.54. The van der Waals surface area contributed by atoms with Crippen molar-refractivity contribution >= 4 is 49.7 Å². The third-order valence-electron chi connectivity index (χ3n) is 5.34. The average Bonchev–Trinajstić information content (AvgIpc) is 3.54. The van der Waals surface area contributed by atoms with E-state index in [0.29, 0.717) is 20.7 Å². The minimum Gasteiger partial charge on any atom is -0.504 e. The third-order valence-corrected chi connectivity index (χ3v) is 7.23. The molecule has 2 N–H and O–H groups in total. The number of carbonyl (C=O) groups is 2. The lowest BCUT2D eigenvalue weighted by Crippen LogP contribution is -2.30. The lowest BCUT2D eigenvalue weighted by atomic mass is 9.95. The van der Waals surface area contributed by atoms with Crippen LogP contribution in [0.4, 0.5) is 9.52 Å². The summed E-state index contributed by atoms with van der Waals surface area (Å²) in [4.78, 5) is 32.7. The van der Waals surface area contributed by atoms with E-state index in [0.717, 1.165) is 11.3 Å². The first-order chi connectivity index (χ1) is 16.4. The summed E-state index contributed by atoms with van der Waals surface area (Å²) in [6.07, 6.45) is 0. The smallest absolute Gasteiger partial charge is 0.296 e. The van der Waals surface area contributed by atoms with Crippen molar-refractivity contribution in [1.82, 2.24) is 4.98 Å². The number of carbonyl (C=O) groups excluding carboxylic acids is 2.